The summed E-state index contributed by atoms with van der Waals surface area (Å²) in [6.07, 6.45) is 3.68. The van der Waals surface area contributed by atoms with E-state index in [2.05, 4.69) is 29.9 Å². The van der Waals surface area contributed by atoms with Crippen LogP contribution in [0, 0.1) is 6.92 Å². The van der Waals surface area contributed by atoms with Crippen LogP contribution in [0.1, 0.15) is 17.0 Å². The lowest BCUT2D eigenvalue weighted by Gasteiger charge is -2.29. The van der Waals surface area contributed by atoms with Crippen molar-refractivity contribution in [3.05, 3.63) is 46.0 Å². The van der Waals surface area contributed by atoms with Gasteiger partial charge in [-0.15, -0.1) is 0 Å². The lowest BCUT2D eigenvalue weighted by Crippen LogP contribution is -2.36. The average Bonchev–Trinajstić information content (AvgIpc) is 2.94. The van der Waals surface area contributed by atoms with Gasteiger partial charge in [0.1, 0.15) is 12.1 Å². The topological polar surface area (TPSA) is 92.1 Å². The Hall–Kier alpha value is -2.77. The fraction of sp³-hybridized carbons (Fsp3) is 0.308. The molecule has 0 saturated carbocycles. The summed E-state index contributed by atoms with van der Waals surface area (Å²) >= 11 is 0. The first kappa shape index (κ1) is 12.0. The minimum Gasteiger partial charge on any atom is -0.351 e. The van der Waals surface area contributed by atoms with Crippen molar-refractivity contribution in [1.82, 2.24) is 29.5 Å². The molecule has 0 spiro atoms. The SMILES string of the molecule is Cc1cc(N2CCc3nc[nH]c(=O)c3C2)n2ncnc2n1. The standard InChI is InChI=1S/C13H13N7O/c1-8-4-11(20-13(18-8)16-7-17-20)19-3-2-10-9(5-19)12(21)15-6-14-10/h4,6-7H,2-3,5H2,1H3,(H,14,15,21). The Labute approximate surface area is 119 Å². The molecule has 0 atom stereocenters. The van der Waals surface area contributed by atoms with E-state index in [0.717, 1.165) is 30.2 Å². The minimum atomic E-state index is -0.0784. The number of H-pyrrole nitrogens is 1. The van der Waals surface area contributed by atoms with Crippen LogP contribution in [-0.4, -0.2) is 36.1 Å². The van der Waals surface area contributed by atoms with E-state index >= 15 is 0 Å². The van der Waals surface area contributed by atoms with E-state index in [0.29, 0.717) is 17.9 Å². The fourth-order valence-corrected chi connectivity index (χ4v) is 2.69. The number of aromatic amines is 1. The Kier molecular flexibility index (Phi) is 2.50. The second kappa shape index (κ2) is 4.37. The molecular formula is C13H13N7O. The lowest BCUT2D eigenvalue weighted by molar-refractivity contribution is 0.675. The molecule has 1 aliphatic rings. The Morgan fingerprint density at radius 1 is 1.33 bits per heavy atom. The third kappa shape index (κ3) is 1.87. The number of aryl methyl sites for hydroxylation is 1. The van der Waals surface area contributed by atoms with E-state index in [1.165, 1.54) is 12.7 Å². The zero-order valence-electron chi connectivity index (χ0n) is 11.4. The first-order chi connectivity index (χ1) is 10.2. The lowest BCUT2D eigenvalue weighted by atomic mass is 10.1. The molecule has 0 radical (unpaired) electrons. The largest absolute Gasteiger partial charge is 0.351 e. The molecular weight excluding hydrogens is 270 g/mol. The van der Waals surface area contributed by atoms with Crippen molar-refractivity contribution in [1.29, 1.82) is 0 Å². The molecule has 0 amide bonds. The van der Waals surface area contributed by atoms with Gasteiger partial charge in [-0.2, -0.15) is 14.6 Å². The first-order valence-corrected chi connectivity index (χ1v) is 6.70. The number of hydrogen-bond acceptors (Lipinski definition) is 6. The molecule has 0 unspecified atom stereocenters. The number of anilines is 1. The van der Waals surface area contributed by atoms with Crippen LogP contribution in [0.5, 0.6) is 0 Å². The van der Waals surface area contributed by atoms with Gasteiger partial charge in [-0.1, -0.05) is 0 Å². The van der Waals surface area contributed by atoms with Gasteiger partial charge in [-0.25, -0.2) is 9.97 Å². The van der Waals surface area contributed by atoms with Gasteiger partial charge in [0.05, 0.1) is 24.1 Å². The number of aromatic nitrogens is 6. The molecule has 3 aromatic rings. The van der Waals surface area contributed by atoms with Crippen LogP contribution in [0.3, 0.4) is 0 Å². The molecule has 0 fully saturated rings. The zero-order chi connectivity index (χ0) is 14.4. The second-order valence-corrected chi connectivity index (χ2v) is 5.06. The van der Waals surface area contributed by atoms with Crippen LogP contribution in [0.2, 0.25) is 0 Å². The van der Waals surface area contributed by atoms with Crippen molar-refractivity contribution in [2.75, 3.05) is 11.4 Å². The van der Waals surface area contributed by atoms with E-state index in [9.17, 15) is 4.79 Å². The van der Waals surface area contributed by atoms with Crippen LogP contribution in [0.4, 0.5) is 5.82 Å². The van der Waals surface area contributed by atoms with Crippen LogP contribution < -0.4 is 10.5 Å². The molecule has 8 heteroatoms. The fourth-order valence-electron chi connectivity index (χ4n) is 2.69. The number of nitrogens with zero attached hydrogens (tertiary/aromatic N) is 6. The van der Waals surface area contributed by atoms with Crippen molar-refractivity contribution >= 4 is 11.6 Å². The molecule has 106 valence electrons. The van der Waals surface area contributed by atoms with Gasteiger partial charge in [0.25, 0.3) is 11.3 Å². The maximum Gasteiger partial charge on any atom is 0.255 e. The first-order valence-electron chi connectivity index (χ1n) is 6.70. The Balaban J connectivity index is 1.82. The Morgan fingerprint density at radius 3 is 3.14 bits per heavy atom. The number of hydrogen-bond donors (Lipinski definition) is 1. The van der Waals surface area contributed by atoms with Gasteiger partial charge in [0, 0.05) is 24.7 Å². The molecule has 0 aromatic carbocycles. The van der Waals surface area contributed by atoms with Gasteiger partial charge in [0.2, 0.25) is 0 Å². The van der Waals surface area contributed by atoms with Crippen molar-refractivity contribution in [2.24, 2.45) is 0 Å². The van der Waals surface area contributed by atoms with Crippen molar-refractivity contribution in [3.8, 4) is 0 Å². The second-order valence-electron chi connectivity index (χ2n) is 5.06. The number of rotatable bonds is 1. The normalized spacial score (nSPS) is 14.4. The summed E-state index contributed by atoms with van der Waals surface area (Å²) in [7, 11) is 0. The molecule has 21 heavy (non-hydrogen) atoms. The van der Waals surface area contributed by atoms with Crippen LogP contribution in [0.25, 0.3) is 5.78 Å². The summed E-state index contributed by atoms with van der Waals surface area (Å²) in [6, 6.07) is 1.96. The van der Waals surface area contributed by atoms with Crippen molar-refractivity contribution in [2.45, 2.75) is 19.9 Å². The summed E-state index contributed by atoms with van der Waals surface area (Å²) in [6.45, 7) is 3.21. The molecule has 0 bridgehead atoms. The highest BCUT2D eigenvalue weighted by Crippen LogP contribution is 2.22. The molecule has 4 heterocycles. The predicted molar refractivity (Wildman–Crippen MR) is 75.1 cm³/mol. The van der Waals surface area contributed by atoms with Gasteiger partial charge >= 0.3 is 0 Å². The smallest absolute Gasteiger partial charge is 0.255 e. The van der Waals surface area contributed by atoms with Crippen LogP contribution >= 0.6 is 0 Å². The molecule has 4 rings (SSSR count). The summed E-state index contributed by atoms with van der Waals surface area (Å²) in [5.74, 6) is 1.46. The van der Waals surface area contributed by atoms with Gasteiger partial charge in [-0.3, -0.25) is 4.79 Å². The quantitative estimate of drug-likeness (QED) is 0.680. The molecule has 0 saturated heterocycles. The minimum absolute atomic E-state index is 0.0784. The van der Waals surface area contributed by atoms with E-state index in [4.69, 9.17) is 0 Å². The highest BCUT2D eigenvalue weighted by Gasteiger charge is 2.22. The molecule has 3 aromatic heterocycles. The summed E-state index contributed by atoms with van der Waals surface area (Å²) < 4.78 is 1.70. The van der Waals surface area contributed by atoms with Gasteiger partial charge < -0.3 is 9.88 Å². The average molecular weight is 283 g/mol. The monoisotopic (exact) mass is 283 g/mol. The summed E-state index contributed by atoms with van der Waals surface area (Å²) in [4.78, 5) is 29.4. The van der Waals surface area contributed by atoms with Crippen molar-refractivity contribution in [3.63, 3.8) is 0 Å². The van der Waals surface area contributed by atoms with Crippen LogP contribution in [0.15, 0.2) is 23.5 Å². The summed E-state index contributed by atoms with van der Waals surface area (Å²) in [5.41, 5.74) is 2.38. The predicted octanol–water partition coefficient (Wildman–Crippen LogP) is 0.0787. The Morgan fingerprint density at radius 2 is 2.24 bits per heavy atom. The molecule has 0 aliphatic carbocycles. The molecule has 1 N–H and O–H groups in total. The Bertz CT molecular complexity index is 882. The molecule has 1 aliphatic heterocycles. The van der Waals surface area contributed by atoms with E-state index in [1.807, 2.05) is 13.0 Å². The summed E-state index contributed by atoms with van der Waals surface area (Å²) in [5, 5.41) is 4.21. The number of fused-ring (bicyclic) bond motifs is 2. The van der Waals surface area contributed by atoms with Crippen LogP contribution in [-0.2, 0) is 13.0 Å². The van der Waals surface area contributed by atoms with E-state index in [1.54, 1.807) is 4.52 Å². The van der Waals surface area contributed by atoms with E-state index < -0.39 is 0 Å². The third-order valence-corrected chi connectivity index (χ3v) is 3.69. The maximum atomic E-state index is 12.0. The van der Waals surface area contributed by atoms with E-state index in [-0.39, 0.29) is 5.56 Å². The maximum absolute atomic E-state index is 12.0. The zero-order valence-corrected chi connectivity index (χ0v) is 11.4. The molecule has 8 nitrogen and oxygen atoms in total. The highest BCUT2D eigenvalue weighted by molar-refractivity contribution is 5.49. The highest BCUT2D eigenvalue weighted by atomic mass is 16.1. The van der Waals surface area contributed by atoms with Gasteiger partial charge in [0.15, 0.2) is 0 Å². The van der Waals surface area contributed by atoms with Crippen molar-refractivity contribution < 1.29 is 0 Å². The van der Waals surface area contributed by atoms with Gasteiger partial charge in [-0.05, 0) is 6.92 Å². The third-order valence-electron chi connectivity index (χ3n) is 3.69. The number of nitrogens with one attached hydrogen (secondary N) is 1.